The second kappa shape index (κ2) is 19.1. The van der Waals surface area contributed by atoms with Crippen molar-refractivity contribution in [1.82, 2.24) is 0 Å². The van der Waals surface area contributed by atoms with Gasteiger partial charge in [-0.25, -0.2) is 0 Å². The van der Waals surface area contributed by atoms with Crippen molar-refractivity contribution in [2.45, 2.75) is 97.3 Å². The predicted octanol–water partition coefficient (Wildman–Crippen LogP) is 8.61. The van der Waals surface area contributed by atoms with E-state index >= 15 is 0 Å². The first kappa shape index (κ1) is 30.2. The summed E-state index contributed by atoms with van der Waals surface area (Å²) in [5, 5.41) is 26.1. The molecule has 0 amide bonds. The van der Waals surface area contributed by atoms with Gasteiger partial charge < -0.3 is 19.9 Å². The van der Waals surface area contributed by atoms with Gasteiger partial charge in [-0.2, -0.15) is 0 Å². The van der Waals surface area contributed by atoms with E-state index < -0.39 is 0 Å². The summed E-state index contributed by atoms with van der Waals surface area (Å²) in [5.41, 5.74) is 3.17. The lowest BCUT2D eigenvalue weighted by atomic mass is 10.0. The molecule has 0 spiro atoms. The van der Waals surface area contributed by atoms with Crippen molar-refractivity contribution in [3.8, 4) is 11.5 Å². The number of oxime groups is 2. The molecule has 0 radical (unpaired) electrons. The largest absolute Gasteiger partial charge is 0.494 e. The number of rotatable bonds is 20. The molecule has 6 nitrogen and oxygen atoms in total. The Balaban J connectivity index is 1.69. The number of benzene rings is 2. The minimum atomic E-state index is 0.677. The number of hydrogen-bond acceptors (Lipinski definition) is 6. The smallest absolute Gasteiger partial charge is 0.119 e. The van der Waals surface area contributed by atoms with Gasteiger partial charge in [0.15, 0.2) is 0 Å². The zero-order chi connectivity index (χ0) is 26.6. The minimum Gasteiger partial charge on any atom is -0.494 e. The van der Waals surface area contributed by atoms with Gasteiger partial charge in [0.25, 0.3) is 0 Å². The minimum absolute atomic E-state index is 0.677. The Kier molecular flexibility index (Phi) is 15.6. The van der Waals surface area contributed by atoms with Crippen molar-refractivity contribution in [3.05, 3.63) is 59.7 Å². The topological polar surface area (TPSA) is 83.6 Å². The fraction of sp³-hybridized carbons (Fsp3) is 0.548. The number of unbranched alkanes of at least 4 members (excludes halogenated alkanes) is 8. The van der Waals surface area contributed by atoms with Crippen molar-refractivity contribution in [3.63, 3.8) is 0 Å². The van der Waals surface area contributed by atoms with E-state index in [0.29, 0.717) is 24.3 Å². The zero-order valence-corrected chi connectivity index (χ0v) is 22.8. The van der Waals surface area contributed by atoms with Crippen LogP contribution < -0.4 is 9.47 Å². The molecule has 0 aliphatic heterocycles. The second-order valence-corrected chi connectivity index (χ2v) is 9.52. The summed E-state index contributed by atoms with van der Waals surface area (Å²) < 4.78 is 11.6. The molecule has 2 rings (SSSR count). The second-order valence-electron chi connectivity index (χ2n) is 9.52. The van der Waals surface area contributed by atoms with E-state index in [-0.39, 0.29) is 0 Å². The zero-order valence-electron chi connectivity index (χ0n) is 22.8. The molecule has 0 aromatic heterocycles. The molecular formula is C31H46N2O4. The molecule has 0 unspecified atom stereocenters. The van der Waals surface area contributed by atoms with E-state index in [1.54, 1.807) is 0 Å². The van der Waals surface area contributed by atoms with Gasteiger partial charge in [-0.1, -0.05) is 69.1 Å². The quantitative estimate of drug-likeness (QED) is 0.0808. The van der Waals surface area contributed by atoms with Crippen LogP contribution >= 0.6 is 0 Å². The standard InChI is InChI=1S/C31H46N2O4/c1-3-5-7-12-24-36-28-20-16-26(17-21-28)30(32-34)14-10-9-11-15-31(33-35)27-18-22-29(23-19-27)37-25-13-8-6-4-2/h16-23,34-35H,3-15,24-25H2,1-2H3/b32-30-,33-31+. The summed E-state index contributed by atoms with van der Waals surface area (Å²) >= 11 is 0. The van der Waals surface area contributed by atoms with Gasteiger partial charge in [-0.3, -0.25) is 0 Å². The van der Waals surface area contributed by atoms with Gasteiger partial charge in [0.05, 0.1) is 24.6 Å². The first-order valence-electron chi connectivity index (χ1n) is 14.1. The molecular weight excluding hydrogens is 464 g/mol. The highest BCUT2D eigenvalue weighted by Crippen LogP contribution is 2.18. The first-order valence-corrected chi connectivity index (χ1v) is 14.1. The molecule has 0 aliphatic carbocycles. The van der Waals surface area contributed by atoms with E-state index in [1.165, 1.54) is 38.5 Å². The van der Waals surface area contributed by atoms with Crippen LogP contribution in [0.25, 0.3) is 0 Å². The molecule has 0 heterocycles. The van der Waals surface area contributed by atoms with Gasteiger partial charge in [0.1, 0.15) is 11.5 Å². The van der Waals surface area contributed by atoms with Crippen LogP contribution in [0.5, 0.6) is 11.5 Å². The Hall–Kier alpha value is -3.02. The highest BCUT2D eigenvalue weighted by molar-refractivity contribution is 6.00. The van der Waals surface area contributed by atoms with E-state index in [1.807, 2.05) is 48.5 Å². The number of hydrogen-bond donors (Lipinski definition) is 2. The van der Waals surface area contributed by atoms with Gasteiger partial charge in [0.2, 0.25) is 0 Å². The van der Waals surface area contributed by atoms with E-state index in [0.717, 1.165) is 67.9 Å². The van der Waals surface area contributed by atoms with Crippen molar-refractivity contribution in [2.24, 2.45) is 10.3 Å². The summed E-state index contributed by atoms with van der Waals surface area (Å²) in [6.45, 7) is 5.87. The van der Waals surface area contributed by atoms with Gasteiger partial charge in [-0.15, -0.1) is 0 Å². The molecule has 6 heteroatoms. The van der Waals surface area contributed by atoms with Crippen LogP contribution in [-0.2, 0) is 0 Å². The fourth-order valence-electron chi connectivity index (χ4n) is 4.19. The maximum atomic E-state index is 9.51. The molecule has 37 heavy (non-hydrogen) atoms. The Morgan fingerprint density at radius 2 is 0.919 bits per heavy atom. The Morgan fingerprint density at radius 3 is 1.27 bits per heavy atom. The van der Waals surface area contributed by atoms with Gasteiger partial charge in [-0.05, 0) is 98.2 Å². The van der Waals surface area contributed by atoms with E-state index in [9.17, 15) is 10.4 Å². The molecule has 2 aromatic carbocycles. The van der Waals surface area contributed by atoms with Gasteiger partial charge >= 0.3 is 0 Å². The summed E-state index contributed by atoms with van der Waals surface area (Å²) in [6, 6.07) is 15.6. The monoisotopic (exact) mass is 510 g/mol. The molecule has 0 atom stereocenters. The van der Waals surface area contributed by atoms with Crippen LogP contribution in [0.2, 0.25) is 0 Å². The van der Waals surface area contributed by atoms with Crippen molar-refractivity contribution >= 4 is 11.4 Å². The van der Waals surface area contributed by atoms with E-state index in [4.69, 9.17) is 9.47 Å². The SMILES string of the molecule is CCCCCCOc1ccc(/C(CCCCC/C(=N\O)c2ccc(OCCCCCC)cc2)=N\O)cc1. The molecule has 0 saturated carbocycles. The molecule has 204 valence electrons. The summed E-state index contributed by atoms with van der Waals surface area (Å²) in [7, 11) is 0. The lowest BCUT2D eigenvalue weighted by Crippen LogP contribution is -2.04. The predicted molar refractivity (Wildman–Crippen MR) is 152 cm³/mol. The lowest BCUT2D eigenvalue weighted by Gasteiger charge is -2.09. The molecule has 2 aromatic rings. The number of nitrogens with zero attached hydrogens (tertiary/aromatic N) is 2. The van der Waals surface area contributed by atoms with Crippen LogP contribution in [0.3, 0.4) is 0 Å². The molecule has 0 aliphatic rings. The highest BCUT2D eigenvalue weighted by Gasteiger charge is 2.08. The van der Waals surface area contributed by atoms with Crippen LogP contribution in [0.1, 0.15) is 108 Å². The summed E-state index contributed by atoms with van der Waals surface area (Å²) in [6.07, 6.45) is 13.5. The average molecular weight is 511 g/mol. The summed E-state index contributed by atoms with van der Waals surface area (Å²) in [4.78, 5) is 0. The molecule has 0 saturated heterocycles. The third-order valence-corrected chi connectivity index (χ3v) is 6.48. The third kappa shape index (κ3) is 12.2. The average Bonchev–Trinajstić information content (AvgIpc) is 2.93. The normalized spacial score (nSPS) is 12.1. The summed E-state index contributed by atoms with van der Waals surface area (Å²) in [5.74, 6) is 1.69. The Morgan fingerprint density at radius 1 is 0.541 bits per heavy atom. The van der Waals surface area contributed by atoms with Crippen LogP contribution in [0.4, 0.5) is 0 Å². The maximum absolute atomic E-state index is 9.51. The van der Waals surface area contributed by atoms with Crippen LogP contribution in [0, 0.1) is 0 Å². The highest BCUT2D eigenvalue weighted by atomic mass is 16.5. The van der Waals surface area contributed by atoms with Gasteiger partial charge in [0, 0.05) is 0 Å². The third-order valence-electron chi connectivity index (χ3n) is 6.48. The Bertz CT molecular complexity index is 832. The van der Waals surface area contributed by atoms with Crippen molar-refractivity contribution in [2.75, 3.05) is 13.2 Å². The molecule has 0 bridgehead atoms. The van der Waals surface area contributed by atoms with Crippen LogP contribution in [-0.4, -0.2) is 35.1 Å². The number of ether oxygens (including phenoxy) is 2. The van der Waals surface area contributed by atoms with E-state index in [2.05, 4.69) is 24.2 Å². The van der Waals surface area contributed by atoms with Crippen molar-refractivity contribution < 1.29 is 19.9 Å². The maximum Gasteiger partial charge on any atom is 0.119 e. The molecule has 2 N–H and O–H groups in total. The van der Waals surface area contributed by atoms with Crippen LogP contribution in [0.15, 0.2) is 58.8 Å². The Labute approximate surface area is 223 Å². The lowest BCUT2D eigenvalue weighted by molar-refractivity contribution is 0.305. The first-order chi connectivity index (χ1) is 18.2. The van der Waals surface area contributed by atoms with Crippen molar-refractivity contribution in [1.29, 1.82) is 0 Å². The molecule has 0 fully saturated rings. The fourth-order valence-corrected chi connectivity index (χ4v) is 4.19.